The van der Waals surface area contributed by atoms with Crippen LogP contribution >= 0.6 is 0 Å². The molecule has 0 aliphatic heterocycles. The summed E-state index contributed by atoms with van der Waals surface area (Å²) in [5.41, 5.74) is 2.76. The lowest BCUT2D eigenvalue weighted by atomic mass is 9.96. The summed E-state index contributed by atoms with van der Waals surface area (Å²) in [4.78, 5) is 17.1. The van der Waals surface area contributed by atoms with Gasteiger partial charge in [0.25, 0.3) is 0 Å². The van der Waals surface area contributed by atoms with Crippen molar-refractivity contribution in [1.29, 1.82) is 0 Å². The molecule has 0 aliphatic rings. The molecule has 2 rings (SSSR count). The van der Waals surface area contributed by atoms with E-state index in [-0.39, 0.29) is 18.0 Å². The topological polar surface area (TPSA) is 63.2 Å². The maximum absolute atomic E-state index is 12.6. The zero-order valence-electron chi connectivity index (χ0n) is 15.5. The minimum Gasteiger partial charge on any atom is -0.495 e. The molecule has 0 fully saturated rings. The van der Waals surface area contributed by atoms with E-state index in [1.807, 2.05) is 50.2 Å². The molecule has 0 unspecified atom stereocenters. The maximum Gasteiger partial charge on any atom is 0.241 e. The number of ether oxygens (including phenoxy) is 1. The molecule has 0 bridgehead atoms. The lowest BCUT2D eigenvalue weighted by Crippen LogP contribution is -2.42. The molecule has 0 aliphatic carbocycles. The molecule has 25 heavy (non-hydrogen) atoms. The van der Waals surface area contributed by atoms with Gasteiger partial charge in [-0.05, 0) is 43.5 Å². The molecule has 134 valence electrons. The average molecular weight is 341 g/mol. The molecule has 1 heterocycles. The van der Waals surface area contributed by atoms with Crippen LogP contribution in [-0.2, 0) is 4.79 Å². The lowest BCUT2D eigenvalue weighted by Gasteiger charge is -2.27. The van der Waals surface area contributed by atoms with E-state index in [2.05, 4.69) is 29.5 Å². The van der Waals surface area contributed by atoms with Gasteiger partial charge in [0.2, 0.25) is 5.91 Å². The van der Waals surface area contributed by atoms with Gasteiger partial charge in [0.15, 0.2) is 0 Å². The van der Waals surface area contributed by atoms with Crippen molar-refractivity contribution < 1.29 is 9.53 Å². The van der Waals surface area contributed by atoms with Gasteiger partial charge >= 0.3 is 0 Å². The first-order chi connectivity index (χ1) is 11.9. The number of aromatic nitrogens is 1. The van der Waals surface area contributed by atoms with Crippen molar-refractivity contribution in [2.24, 2.45) is 5.92 Å². The minimum atomic E-state index is -0.376. The monoisotopic (exact) mass is 341 g/mol. The Hall–Kier alpha value is -2.40. The fourth-order valence-corrected chi connectivity index (χ4v) is 2.74. The molecule has 2 N–H and O–H groups in total. The number of nitrogens with zero attached hydrogens (tertiary/aromatic N) is 1. The number of nitrogens with one attached hydrogen (secondary N) is 2. The largest absolute Gasteiger partial charge is 0.495 e. The van der Waals surface area contributed by atoms with Gasteiger partial charge in [-0.1, -0.05) is 32.0 Å². The van der Waals surface area contributed by atoms with Gasteiger partial charge in [0.05, 0.1) is 30.6 Å². The van der Waals surface area contributed by atoms with E-state index < -0.39 is 0 Å². The number of rotatable bonds is 7. The second kappa shape index (κ2) is 8.62. The van der Waals surface area contributed by atoms with Crippen LogP contribution < -0.4 is 15.4 Å². The van der Waals surface area contributed by atoms with Crippen LogP contribution in [0.3, 0.4) is 0 Å². The Morgan fingerprint density at radius 1 is 1.12 bits per heavy atom. The summed E-state index contributed by atoms with van der Waals surface area (Å²) >= 11 is 0. The van der Waals surface area contributed by atoms with Crippen LogP contribution in [0.4, 0.5) is 5.69 Å². The van der Waals surface area contributed by atoms with Crippen LogP contribution in [0.2, 0.25) is 0 Å². The van der Waals surface area contributed by atoms with Gasteiger partial charge in [-0.2, -0.15) is 0 Å². The fourth-order valence-electron chi connectivity index (χ4n) is 2.74. The summed E-state index contributed by atoms with van der Waals surface area (Å²) in [6.07, 6.45) is 1.79. The molecule has 2 aromatic rings. The summed E-state index contributed by atoms with van der Waals surface area (Å²) in [6.45, 7) is 8.14. The number of benzene rings is 1. The molecule has 1 aromatic carbocycles. The van der Waals surface area contributed by atoms with Crippen LogP contribution in [0.25, 0.3) is 0 Å². The van der Waals surface area contributed by atoms with Crippen molar-refractivity contribution in [3.63, 3.8) is 0 Å². The van der Waals surface area contributed by atoms with Gasteiger partial charge in [0.1, 0.15) is 5.75 Å². The Kier molecular flexibility index (Phi) is 6.53. The fraction of sp³-hybridized carbons (Fsp3) is 0.400. The van der Waals surface area contributed by atoms with Gasteiger partial charge in [-0.15, -0.1) is 0 Å². The van der Waals surface area contributed by atoms with Crippen molar-refractivity contribution in [3.05, 3.63) is 53.9 Å². The number of carbonyl (C=O) groups excluding carboxylic acids is 1. The maximum atomic E-state index is 12.6. The van der Waals surface area contributed by atoms with E-state index in [0.717, 1.165) is 11.3 Å². The third-order valence-corrected chi connectivity index (χ3v) is 4.20. The third-order valence-electron chi connectivity index (χ3n) is 4.20. The molecule has 0 radical (unpaired) electrons. The lowest BCUT2D eigenvalue weighted by molar-refractivity contribution is -0.118. The molecule has 5 nitrogen and oxygen atoms in total. The van der Waals surface area contributed by atoms with Crippen molar-refractivity contribution in [1.82, 2.24) is 10.3 Å². The zero-order chi connectivity index (χ0) is 18.4. The highest BCUT2D eigenvalue weighted by Crippen LogP contribution is 2.25. The van der Waals surface area contributed by atoms with Crippen molar-refractivity contribution in [2.45, 2.75) is 39.8 Å². The standard InChI is InChI=1S/C20H27N3O2/c1-13(2)18(19-14(3)9-8-12-21-19)22-15(4)20(24)23-16-10-6-7-11-17(16)25-5/h6-13,15,18,22H,1-5H3,(H,23,24)/t15-,18-/m1/s1. The zero-order valence-corrected chi connectivity index (χ0v) is 15.5. The molecule has 0 saturated heterocycles. The van der Waals surface area contributed by atoms with Crippen LogP contribution in [0, 0.1) is 12.8 Å². The van der Waals surface area contributed by atoms with E-state index in [1.165, 1.54) is 0 Å². The number of para-hydroxylation sites is 2. The van der Waals surface area contributed by atoms with Crippen molar-refractivity contribution in [2.75, 3.05) is 12.4 Å². The van der Waals surface area contributed by atoms with Crippen LogP contribution in [0.1, 0.15) is 38.1 Å². The normalized spacial score (nSPS) is 13.4. The smallest absolute Gasteiger partial charge is 0.241 e. The van der Waals surface area contributed by atoms with Crippen molar-refractivity contribution in [3.8, 4) is 5.75 Å². The SMILES string of the molecule is COc1ccccc1NC(=O)[C@@H](C)N[C@@H](c1ncccc1C)C(C)C. The summed E-state index contributed by atoms with van der Waals surface area (Å²) < 4.78 is 5.29. The summed E-state index contributed by atoms with van der Waals surface area (Å²) in [6, 6.07) is 11.0. The molecule has 5 heteroatoms. The van der Waals surface area contributed by atoms with E-state index >= 15 is 0 Å². The molecule has 1 amide bonds. The van der Waals surface area contributed by atoms with E-state index in [9.17, 15) is 4.79 Å². The third kappa shape index (κ3) is 4.79. The predicted molar refractivity (Wildman–Crippen MR) is 101 cm³/mol. The quantitative estimate of drug-likeness (QED) is 0.806. The number of hydrogen-bond acceptors (Lipinski definition) is 4. The Morgan fingerprint density at radius 3 is 2.48 bits per heavy atom. The van der Waals surface area contributed by atoms with Gasteiger partial charge in [0, 0.05) is 6.20 Å². The van der Waals surface area contributed by atoms with Crippen LogP contribution in [-0.4, -0.2) is 24.0 Å². The molecule has 0 spiro atoms. The van der Waals surface area contributed by atoms with Gasteiger partial charge in [-0.3, -0.25) is 15.1 Å². The number of anilines is 1. The Balaban J connectivity index is 2.12. The van der Waals surface area contributed by atoms with Crippen molar-refractivity contribution >= 4 is 11.6 Å². The minimum absolute atomic E-state index is 0.000353. The van der Waals surface area contributed by atoms with Crippen LogP contribution in [0.5, 0.6) is 5.75 Å². The molecule has 0 saturated carbocycles. The summed E-state index contributed by atoms with van der Waals surface area (Å²) in [5.74, 6) is 0.836. The molecule has 1 aromatic heterocycles. The highest BCUT2D eigenvalue weighted by atomic mass is 16.5. The number of amides is 1. The highest BCUT2D eigenvalue weighted by Gasteiger charge is 2.24. The number of hydrogen-bond donors (Lipinski definition) is 2. The van der Waals surface area contributed by atoms with E-state index in [0.29, 0.717) is 17.4 Å². The molecular formula is C20H27N3O2. The highest BCUT2D eigenvalue weighted by molar-refractivity contribution is 5.95. The summed E-state index contributed by atoms with van der Waals surface area (Å²) in [5, 5.41) is 6.34. The van der Waals surface area contributed by atoms with E-state index in [1.54, 1.807) is 13.3 Å². The van der Waals surface area contributed by atoms with Gasteiger partial charge < -0.3 is 10.1 Å². The first-order valence-electron chi connectivity index (χ1n) is 8.55. The van der Waals surface area contributed by atoms with E-state index in [4.69, 9.17) is 4.74 Å². The number of methoxy groups -OCH3 is 1. The van der Waals surface area contributed by atoms with Crippen LogP contribution in [0.15, 0.2) is 42.6 Å². The molecular weight excluding hydrogens is 314 g/mol. The van der Waals surface area contributed by atoms with Gasteiger partial charge in [-0.25, -0.2) is 0 Å². The second-order valence-electron chi connectivity index (χ2n) is 6.51. The Labute approximate surface area is 149 Å². The predicted octanol–water partition coefficient (Wildman–Crippen LogP) is 3.71. The number of aryl methyl sites for hydroxylation is 1. The first-order valence-corrected chi connectivity index (χ1v) is 8.55. The average Bonchev–Trinajstić information content (AvgIpc) is 2.60. The Bertz CT molecular complexity index is 716. The number of pyridine rings is 1. The summed E-state index contributed by atoms with van der Waals surface area (Å²) in [7, 11) is 1.59. The first kappa shape index (κ1) is 18.9. The number of carbonyl (C=O) groups is 1. The molecule has 2 atom stereocenters. The Morgan fingerprint density at radius 2 is 1.84 bits per heavy atom. The second-order valence-corrected chi connectivity index (χ2v) is 6.51.